The highest BCUT2D eigenvalue weighted by atomic mass is 35.5. The number of piperazine rings is 1. The van der Waals surface area contributed by atoms with Crippen LogP contribution < -0.4 is 20.3 Å². The summed E-state index contributed by atoms with van der Waals surface area (Å²) in [7, 11) is 0. The van der Waals surface area contributed by atoms with Gasteiger partial charge in [0.05, 0.1) is 27.0 Å². The molecule has 0 saturated carbocycles. The number of halogens is 3. The van der Waals surface area contributed by atoms with Crippen LogP contribution in [0, 0.1) is 11.6 Å². The van der Waals surface area contributed by atoms with E-state index < -0.39 is 34.6 Å². The molecule has 3 fully saturated rings. The number of carbonyl (C=O) groups excluding carboxylic acids is 2. The zero-order valence-electron chi connectivity index (χ0n) is 32.1. The van der Waals surface area contributed by atoms with Crippen molar-refractivity contribution >= 4 is 51.6 Å². The Labute approximate surface area is 333 Å². The monoisotopic (exact) mass is 792 g/mol. The van der Waals surface area contributed by atoms with E-state index in [1.54, 1.807) is 6.07 Å². The molecule has 57 heavy (non-hydrogen) atoms. The van der Waals surface area contributed by atoms with E-state index in [1.165, 1.54) is 12.1 Å². The van der Waals surface area contributed by atoms with Crippen LogP contribution in [-0.2, 0) is 21.5 Å². The van der Waals surface area contributed by atoms with Crippen LogP contribution in [0.2, 0.25) is 5.02 Å². The van der Waals surface area contributed by atoms with Gasteiger partial charge in [0.15, 0.2) is 11.6 Å². The largest absolute Gasteiger partial charge is 0.366 e. The van der Waals surface area contributed by atoms with Gasteiger partial charge in [0.1, 0.15) is 11.5 Å². The zero-order valence-corrected chi connectivity index (χ0v) is 32.9. The maximum absolute atomic E-state index is 15.2. The number of carbonyl (C=O) groups is 2. The Bertz CT molecular complexity index is 2460. The van der Waals surface area contributed by atoms with Gasteiger partial charge in [-0.3, -0.25) is 23.9 Å². The summed E-state index contributed by atoms with van der Waals surface area (Å²) in [6, 6.07) is 14.9. The summed E-state index contributed by atoms with van der Waals surface area (Å²) in [6.45, 7) is 11.0. The Kier molecular flexibility index (Phi) is 9.35. The van der Waals surface area contributed by atoms with Crippen molar-refractivity contribution < 1.29 is 18.4 Å². The summed E-state index contributed by atoms with van der Waals surface area (Å²) in [6.07, 6.45) is 5.66. The third-order valence-corrected chi connectivity index (χ3v) is 12.6. The Hall–Kier alpha value is -5.27. The molecule has 0 N–H and O–H groups in total. The minimum Gasteiger partial charge on any atom is -0.366 e. The van der Waals surface area contributed by atoms with Crippen LogP contribution in [0.15, 0.2) is 65.7 Å². The number of piperidine rings is 2. The number of amides is 2. The number of fused-ring (bicyclic) bond motifs is 5. The van der Waals surface area contributed by atoms with Gasteiger partial charge in [-0.25, -0.2) is 23.6 Å². The maximum atomic E-state index is 15.2. The Balaban J connectivity index is 0.830. The van der Waals surface area contributed by atoms with Crippen molar-refractivity contribution in [2.24, 2.45) is 0 Å². The molecule has 0 radical (unpaired) electrons. The van der Waals surface area contributed by atoms with Gasteiger partial charge in [0.25, 0.3) is 5.56 Å². The molecule has 4 aliphatic heterocycles. The predicted octanol–water partition coefficient (Wildman–Crippen LogP) is 6.88. The predicted molar refractivity (Wildman–Crippen MR) is 215 cm³/mol. The van der Waals surface area contributed by atoms with E-state index in [0.717, 1.165) is 54.2 Å². The normalized spacial score (nSPS) is 20.0. The zero-order chi connectivity index (χ0) is 39.7. The van der Waals surface area contributed by atoms with Gasteiger partial charge in [-0.15, -0.1) is 0 Å². The van der Waals surface area contributed by atoms with Gasteiger partial charge in [-0.05, 0) is 93.5 Å². The molecular weight excluding hydrogens is 750 g/mol. The molecule has 3 saturated heterocycles. The van der Waals surface area contributed by atoms with Gasteiger partial charge in [-0.2, -0.15) is 4.98 Å². The number of aromatic nitrogens is 4. The lowest BCUT2D eigenvalue weighted by atomic mass is 9.85. The van der Waals surface area contributed by atoms with Crippen molar-refractivity contribution in [2.45, 2.75) is 76.8 Å². The summed E-state index contributed by atoms with van der Waals surface area (Å²) < 4.78 is 32.5. The van der Waals surface area contributed by atoms with Gasteiger partial charge in [0, 0.05) is 81.8 Å². The number of anilines is 3. The average molecular weight is 793 g/mol. The summed E-state index contributed by atoms with van der Waals surface area (Å²) >= 11 is 6.50. The molecule has 6 heterocycles. The number of hydrogen-bond donors (Lipinski definition) is 0. The van der Waals surface area contributed by atoms with E-state index in [4.69, 9.17) is 21.6 Å². The first kappa shape index (κ1) is 37.3. The highest BCUT2D eigenvalue weighted by Gasteiger charge is 2.40. The minimum absolute atomic E-state index is 0.0757. The molecule has 2 amide bonds. The number of nitrogens with zero attached hydrogens (tertiary/aromatic N) is 8. The van der Waals surface area contributed by atoms with Crippen molar-refractivity contribution in [3.63, 3.8) is 0 Å². The molecule has 0 spiro atoms. The van der Waals surface area contributed by atoms with Gasteiger partial charge in [0.2, 0.25) is 17.8 Å². The van der Waals surface area contributed by atoms with Crippen molar-refractivity contribution in [2.75, 3.05) is 47.4 Å². The fourth-order valence-electron chi connectivity index (χ4n) is 9.28. The molecule has 294 valence electrons. The number of hydrogen-bond acceptors (Lipinski definition) is 9. The first-order valence-electron chi connectivity index (χ1n) is 19.7. The number of rotatable bonds is 6. The smallest absolute Gasteiger partial charge is 0.282 e. The molecule has 0 aliphatic carbocycles. The van der Waals surface area contributed by atoms with Crippen LogP contribution in [0.5, 0.6) is 0 Å². The summed E-state index contributed by atoms with van der Waals surface area (Å²) in [5, 5.41) is 0.835. The molecule has 9 rings (SSSR count). The molecule has 5 aromatic rings. The second-order valence-electron chi connectivity index (χ2n) is 16.3. The number of imide groups is 1. The lowest BCUT2D eigenvalue weighted by Gasteiger charge is -2.41. The Morgan fingerprint density at radius 2 is 1.60 bits per heavy atom. The maximum Gasteiger partial charge on any atom is 0.282 e. The Morgan fingerprint density at radius 3 is 2.28 bits per heavy atom. The van der Waals surface area contributed by atoms with Gasteiger partial charge in [-0.1, -0.05) is 23.7 Å². The summed E-state index contributed by atoms with van der Waals surface area (Å²) in [5.74, 6) is -1.65. The molecular formula is C43H43ClF2N8O3. The third kappa shape index (κ3) is 6.44. The van der Waals surface area contributed by atoms with Crippen LogP contribution in [-0.4, -0.2) is 75.0 Å². The van der Waals surface area contributed by atoms with Crippen LogP contribution in [0.25, 0.3) is 16.6 Å². The molecule has 14 heteroatoms. The van der Waals surface area contributed by atoms with Crippen molar-refractivity contribution in [1.29, 1.82) is 0 Å². The highest BCUT2D eigenvalue weighted by molar-refractivity contribution is 6.35. The van der Waals surface area contributed by atoms with E-state index >= 15 is 8.78 Å². The third-order valence-electron chi connectivity index (χ3n) is 12.3. The van der Waals surface area contributed by atoms with E-state index in [2.05, 4.69) is 63.2 Å². The quantitative estimate of drug-likeness (QED) is 0.170. The summed E-state index contributed by atoms with van der Waals surface area (Å²) in [5.41, 5.74) is 4.25. The second kappa shape index (κ2) is 14.3. The lowest BCUT2D eigenvalue weighted by molar-refractivity contribution is -0.129. The van der Waals surface area contributed by atoms with Gasteiger partial charge < -0.3 is 9.80 Å². The molecule has 1 atom stereocenters. The lowest BCUT2D eigenvalue weighted by Crippen LogP contribution is -2.51. The fraction of sp³-hybridized carbons (Fsp3) is 0.395. The second-order valence-corrected chi connectivity index (χ2v) is 16.7. The van der Waals surface area contributed by atoms with Gasteiger partial charge >= 0.3 is 0 Å². The van der Waals surface area contributed by atoms with E-state index in [-0.39, 0.29) is 30.4 Å². The van der Waals surface area contributed by atoms with E-state index in [0.29, 0.717) is 65.0 Å². The first-order chi connectivity index (χ1) is 27.4. The Morgan fingerprint density at radius 1 is 0.895 bits per heavy atom. The number of benzene rings is 3. The summed E-state index contributed by atoms with van der Waals surface area (Å²) in [4.78, 5) is 59.3. The molecule has 2 aromatic heterocycles. The van der Waals surface area contributed by atoms with E-state index in [1.807, 2.05) is 24.5 Å². The standard InChI is InChI=1S/C43H43ClF2N8O3/c1-25-23-50(16-17-52(25)29-10-11-30-35(20-29)53-34-7-4-6-31(44)38(34)40(57)49-41(53)43(30,2)3)24-26-21-47-42(48-22-26)51-14-12-27(13-15-51)28-18-32(45)39(33(46)19-28)54-36(55)8-5-9-37(54)56/h4,6-7,10-11,18-22,25,27H,5,8-9,12-17,23-24H2,1-3H3/t25-/m1/s1. The fourth-order valence-corrected chi connectivity index (χ4v) is 9.53. The van der Waals surface area contributed by atoms with Crippen LogP contribution >= 0.6 is 11.6 Å². The van der Waals surface area contributed by atoms with Crippen LogP contribution in [0.1, 0.15) is 81.3 Å². The molecule has 4 aliphatic rings. The molecule has 11 nitrogen and oxygen atoms in total. The SMILES string of the molecule is C[C@@H]1CN(Cc2cnc(N3CCC(c4cc(F)c(N5C(=O)CCCC5=O)c(F)c4)CC3)nc2)CCN1c1ccc2c(c1)-n1c(nc(=O)c3c(Cl)cccc31)C2(C)C. The molecule has 0 unspecified atom stereocenters. The van der Waals surface area contributed by atoms with E-state index in [9.17, 15) is 14.4 Å². The molecule has 0 bridgehead atoms. The first-order valence-corrected chi connectivity index (χ1v) is 20.0. The van der Waals surface area contributed by atoms with Crippen molar-refractivity contribution in [3.05, 3.63) is 110 Å². The average Bonchev–Trinajstić information content (AvgIpc) is 3.41. The topological polar surface area (TPSA) is 108 Å². The van der Waals surface area contributed by atoms with Crippen LogP contribution in [0.3, 0.4) is 0 Å². The minimum atomic E-state index is -0.887. The van der Waals surface area contributed by atoms with Crippen molar-refractivity contribution in [1.82, 2.24) is 24.4 Å². The highest BCUT2D eigenvalue weighted by Crippen LogP contribution is 2.45. The van der Waals surface area contributed by atoms with Crippen LogP contribution in [0.4, 0.5) is 26.1 Å². The molecule has 3 aromatic carbocycles. The van der Waals surface area contributed by atoms with Crippen molar-refractivity contribution in [3.8, 4) is 5.69 Å².